The van der Waals surface area contributed by atoms with Crippen molar-refractivity contribution >= 4 is 23.2 Å². The van der Waals surface area contributed by atoms with E-state index in [0.717, 1.165) is 6.42 Å². The molecule has 1 aromatic rings. The van der Waals surface area contributed by atoms with Crippen molar-refractivity contribution in [2.24, 2.45) is 0 Å². The molecule has 1 amide bonds. The molecule has 0 bridgehead atoms. The van der Waals surface area contributed by atoms with Gasteiger partial charge in [0.2, 0.25) is 5.91 Å². The molecule has 2 N–H and O–H groups in total. The third-order valence-electron chi connectivity index (χ3n) is 2.79. The van der Waals surface area contributed by atoms with Crippen LogP contribution in [0.25, 0.3) is 0 Å². The van der Waals surface area contributed by atoms with Gasteiger partial charge in [-0.25, -0.2) is 0 Å². The number of ether oxygens (including phenoxy) is 2. The van der Waals surface area contributed by atoms with Crippen LogP contribution in [0, 0.1) is 0 Å². The second-order valence-corrected chi connectivity index (χ2v) is 4.75. The summed E-state index contributed by atoms with van der Waals surface area (Å²) in [6.45, 7) is 4.44. The molecule has 0 saturated carbocycles. The van der Waals surface area contributed by atoms with E-state index in [0.29, 0.717) is 28.8 Å². The largest absolute Gasteiger partial charge is 0.495 e. The molecule has 0 fully saturated rings. The summed E-state index contributed by atoms with van der Waals surface area (Å²) < 4.78 is 10.4. The van der Waals surface area contributed by atoms with Crippen molar-refractivity contribution in [3.63, 3.8) is 0 Å². The number of rotatable bonds is 7. The van der Waals surface area contributed by atoms with Gasteiger partial charge >= 0.3 is 0 Å². The molecule has 0 heterocycles. The summed E-state index contributed by atoms with van der Waals surface area (Å²) in [7, 11) is 3.09. The van der Waals surface area contributed by atoms with Crippen LogP contribution in [0.5, 0.6) is 11.5 Å². The van der Waals surface area contributed by atoms with E-state index in [1.54, 1.807) is 26.2 Å². The minimum absolute atomic E-state index is 0.0687. The van der Waals surface area contributed by atoms with E-state index in [1.165, 1.54) is 7.11 Å². The third kappa shape index (κ3) is 4.20. The fourth-order valence-electron chi connectivity index (χ4n) is 1.67. The SMILES string of the molecule is CCCNC(=O)[C@H](C)Nc1cc(Cl)c(OC)cc1OC. The lowest BCUT2D eigenvalue weighted by atomic mass is 10.2. The predicted molar refractivity (Wildman–Crippen MR) is 80.9 cm³/mol. The Labute approximate surface area is 124 Å². The van der Waals surface area contributed by atoms with Gasteiger partial charge in [-0.15, -0.1) is 0 Å². The van der Waals surface area contributed by atoms with E-state index in [2.05, 4.69) is 10.6 Å². The molecule has 1 aromatic carbocycles. The van der Waals surface area contributed by atoms with Gasteiger partial charge < -0.3 is 20.1 Å². The first-order valence-corrected chi connectivity index (χ1v) is 6.87. The van der Waals surface area contributed by atoms with E-state index < -0.39 is 0 Å². The molecule has 0 spiro atoms. The lowest BCUT2D eigenvalue weighted by molar-refractivity contribution is -0.121. The highest BCUT2D eigenvalue weighted by Crippen LogP contribution is 2.36. The zero-order chi connectivity index (χ0) is 15.1. The Hall–Kier alpha value is -1.62. The van der Waals surface area contributed by atoms with Crippen molar-refractivity contribution in [2.75, 3.05) is 26.1 Å². The average Bonchev–Trinajstić information content (AvgIpc) is 2.44. The van der Waals surface area contributed by atoms with Crippen LogP contribution in [0.3, 0.4) is 0 Å². The fraction of sp³-hybridized carbons (Fsp3) is 0.500. The third-order valence-corrected chi connectivity index (χ3v) is 3.08. The Balaban J connectivity index is 2.85. The minimum atomic E-state index is -0.389. The van der Waals surface area contributed by atoms with Crippen LogP contribution in [0.4, 0.5) is 5.69 Å². The number of carbonyl (C=O) groups excluding carboxylic acids is 1. The Morgan fingerprint density at radius 2 is 1.95 bits per heavy atom. The molecule has 0 radical (unpaired) electrons. The molecule has 20 heavy (non-hydrogen) atoms. The summed E-state index contributed by atoms with van der Waals surface area (Å²) in [6, 6.07) is 2.98. The predicted octanol–water partition coefficient (Wildman–Crippen LogP) is 2.68. The first-order chi connectivity index (χ1) is 9.53. The molecule has 5 nitrogen and oxygen atoms in total. The van der Waals surface area contributed by atoms with Crippen molar-refractivity contribution < 1.29 is 14.3 Å². The molecule has 0 saturated heterocycles. The highest BCUT2D eigenvalue weighted by molar-refractivity contribution is 6.32. The van der Waals surface area contributed by atoms with Gasteiger partial charge in [-0.2, -0.15) is 0 Å². The molecule has 0 aliphatic rings. The second-order valence-electron chi connectivity index (χ2n) is 4.34. The van der Waals surface area contributed by atoms with Gasteiger partial charge in [0.15, 0.2) is 0 Å². The summed E-state index contributed by atoms with van der Waals surface area (Å²) in [6.07, 6.45) is 0.899. The maximum Gasteiger partial charge on any atom is 0.242 e. The van der Waals surface area contributed by atoms with Gasteiger partial charge in [0.25, 0.3) is 0 Å². The maximum absolute atomic E-state index is 11.8. The van der Waals surface area contributed by atoms with Crippen LogP contribution in [0.15, 0.2) is 12.1 Å². The number of amides is 1. The van der Waals surface area contributed by atoms with E-state index in [1.807, 2.05) is 6.92 Å². The Kier molecular flexibility index (Phi) is 6.45. The number of hydrogen-bond acceptors (Lipinski definition) is 4. The summed E-state index contributed by atoms with van der Waals surface area (Å²) in [5.74, 6) is 1.03. The first-order valence-electron chi connectivity index (χ1n) is 6.49. The van der Waals surface area contributed by atoms with Crippen molar-refractivity contribution in [3.05, 3.63) is 17.2 Å². The molecule has 0 aliphatic carbocycles. The van der Waals surface area contributed by atoms with Crippen LogP contribution >= 0.6 is 11.6 Å². The Bertz CT molecular complexity index is 466. The Morgan fingerprint density at radius 1 is 1.30 bits per heavy atom. The lowest BCUT2D eigenvalue weighted by Gasteiger charge is -2.18. The molecule has 6 heteroatoms. The van der Waals surface area contributed by atoms with Gasteiger partial charge in [-0.05, 0) is 19.4 Å². The molecule has 112 valence electrons. The molecule has 1 atom stereocenters. The summed E-state index contributed by atoms with van der Waals surface area (Å²) >= 11 is 6.08. The van der Waals surface area contributed by atoms with E-state index >= 15 is 0 Å². The van der Waals surface area contributed by atoms with Crippen molar-refractivity contribution in [3.8, 4) is 11.5 Å². The zero-order valence-electron chi connectivity index (χ0n) is 12.2. The smallest absolute Gasteiger partial charge is 0.242 e. The van der Waals surface area contributed by atoms with Crippen molar-refractivity contribution in [1.29, 1.82) is 0 Å². The lowest BCUT2D eigenvalue weighted by Crippen LogP contribution is -2.37. The molecule has 0 aromatic heterocycles. The van der Waals surface area contributed by atoms with Crippen LogP contribution in [0.2, 0.25) is 5.02 Å². The molecule has 1 rings (SSSR count). The van der Waals surface area contributed by atoms with Gasteiger partial charge in [0.1, 0.15) is 17.5 Å². The van der Waals surface area contributed by atoms with Gasteiger partial charge in [0.05, 0.1) is 24.9 Å². The second kappa shape index (κ2) is 7.85. The van der Waals surface area contributed by atoms with Crippen LogP contribution in [-0.2, 0) is 4.79 Å². The number of anilines is 1. The highest BCUT2D eigenvalue weighted by atomic mass is 35.5. The topological polar surface area (TPSA) is 59.6 Å². The molecular weight excluding hydrogens is 280 g/mol. The number of hydrogen-bond donors (Lipinski definition) is 2. The van der Waals surface area contributed by atoms with E-state index in [9.17, 15) is 4.79 Å². The highest BCUT2D eigenvalue weighted by Gasteiger charge is 2.16. The van der Waals surface area contributed by atoms with Crippen molar-refractivity contribution in [1.82, 2.24) is 5.32 Å². The average molecular weight is 301 g/mol. The summed E-state index contributed by atoms with van der Waals surface area (Å²) in [5, 5.41) is 6.37. The van der Waals surface area contributed by atoms with E-state index in [4.69, 9.17) is 21.1 Å². The number of halogens is 1. The van der Waals surface area contributed by atoms with Crippen LogP contribution in [-0.4, -0.2) is 32.7 Å². The van der Waals surface area contributed by atoms with Crippen LogP contribution < -0.4 is 20.1 Å². The molecule has 0 unspecified atom stereocenters. The van der Waals surface area contributed by atoms with Crippen LogP contribution in [0.1, 0.15) is 20.3 Å². The first kappa shape index (κ1) is 16.4. The van der Waals surface area contributed by atoms with Gasteiger partial charge in [0, 0.05) is 12.6 Å². The number of benzene rings is 1. The zero-order valence-corrected chi connectivity index (χ0v) is 13.0. The fourth-order valence-corrected chi connectivity index (χ4v) is 1.91. The maximum atomic E-state index is 11.8. The quantitative estimate of drug-likeness (QED) is 0.813. The molecular formula is C14H21ClN2O3. The Morgan fingerprint density at radius 3 is 2.50 bits per heavy atom. The summed E-state index contributed by atoms with van der Waals surface area (Å²) in [5.41, 5.74) is 0.650. The van der Waals surface area contributed by atoms with E-state index in [-0.39, 0.29) is 11.9 Å². The van der Waals surface area contributed by atoms with Gasteiger partial charge in [-0.3, -0.25) is 4.79 Å². The standard InChI is InChI=1S/C14H21ClN2O3/c1-5-6-16-14(18)9(2)17-11-7-10(15)12(19-3)8-13(11)20-4/h7-9,17H,5-6H2,1-4H3,(H,16,18)/t9-/m0/s1. The number of nitrogens with one attached hydrogen (secondary N) is 2. The van der Waals surface area contributed by atoms with Crippen molar-refractivity contribution in [2.45, 2.75) is 26.3 Å². The van der Waals surface area contributed by atoms with Gasteiger partial charge in [-0.1, -0.05) is 18.5 Å². The normalized spacial score (nSPS) is 11.7. The summed E-state index contributed by atoms with van der Waals surface area (Å²) in [4.78, 5) is 11.8. The minimum Gasteiger partial charge on any atom is -0.495 e. The monoisotopic (exact) mass is 300 g/mol. The number of carbonyl (C=O) groups is 1. The number of methoxy groups -OCH3 is 2. The molecule has 0 aliphatic heterocycles.